The molecule has 4 aromatic rings. The Morgan fingerprint density at radius 2 is 1.93 bits per heavy atom. The fraction of sp³-hybridized carbons (Fsp3) is 0.0909. The highest BCUT2D eigenvalue weighted by Gasteiger charge is 2.17. The Kier molecular flexibility index (Phi) is 6.11. The van der Waals surface area contributed by atoms with Crippen molar-refractivity contribution in [1.82, 2.24) is 19.7 Å². The van der Waals surface area contributed by atoms with Gasteiger partial charge in [0.1, 0.15) is 0 Å². The first-order valence-corrected chi connectivity index (χ1v) is 10.6. The fourth-order valence-corrected chi connectivity index (χ4v) is 3.80. The quantitative estimate of drug-likeness (QED) is 0.430. The van der Waals surface area contributed by atoms with Crippen LogP contribution >= 0.6 is 23.4 Å². The number of thioether (sulfide) groups is 1. The van der Waals surface area contributed by atoms with Gasteiger partial charge < -0.3 is 5.32 Å². The second-order valence-corrected chi connectivity index (χ2v) is 7.94. The highest BCUT2D eigenvalue weighted by atomic mass is 35.5. The third-order valence-electron chi connectivity index (χ3n) is 4.27. The average Bonchev–Trinajstić information content (AvgIpc) is 3.17. The standard InChI is InChI=1S/C22H18ClN5OS/c1-15-4-2-6-18(12-15)25-20(29)14-30-22-27-26-21(16-5-3-11-24-13-16)28(22)19-9-7-17(23)8-10-19/h2-13H,14H2,1H3,(H,25,29). The van der Waals surface area contributed by atoms with E-state index in [0.29, 0.717) is 16.0 Å². The summed E-state index contributed by atoms with van der Waals surface area (Å²) < 4.78 is 1.90. The van der Waals surface area contributed by atoms with Crippen molar-refractivity contribution in [2.75, 3.05) is 11.1 Å². The summed E-state index contributed by atoms with van der Waals surface area (Å²) in [6, 6.07) is 18.9. The van der Waals surface area contributed by atoms with Crippen LogP contribution in [-0.2, 0) is 4.79 Å². The van der Waals surface area contributed by atoms with E-state index in [2.05, 4.69) is 20.5 Å². The molecule has 0 saturated carbocycles. The number of amides is 1. The summed E-state index contributed by atoms with van der Waals surface area (Å²) in [5.74, 6) is 0.735. The van der Waals surface area contributed by atoms with Crippen molar-refractivity contribution < 1.29 is 4.79 Å². The number of anilines is 1. The zero-order chi connectivity index (χ0) is 20.9. The number of carbonyl (C=O) groups is 1. The molecule has 0 bridgehead atoms. The van der Waals surface area contributed by atoms with E-state index >= 15 is 0 Å². The smallest absolute Gasteiger partial charge is 0.234 e. The van der Waals surface area contributed by atoms with E-state index in [4.69, 9.17) is 11.6 Å². The first-order chi connectivity index (χ1) is 14.6. The van der Waals surface area contributed by atoms with Gasteiger partial charge in [0.25, 0.3) is 0 Å². The van der Waals surface area contributed by atoms with Gasteiger partial charge in [0.2, 0.25) is 5.91 Å². The van der Waals surface area contributed by atoms with Gasteiger partial charge in [-0.3, -0.25) is 14.3 Å². The molecule has 1 amide bonds. The van der Waals surface area contributed by atoms with Crippen LogP contribution < -0.4 is 5.32 Å². The normalized spacial score (nSPS) is 10.7. The molecule has 0 saturated heterocycles. The van der Waals surface area contributed by atoms with Gasteiger partial charge in [0.15, 0.2) is 11.0 Å². The highest BCUT2D eigenvalue weighted by molar-refractivity contribution is 7.99. The summed E-state index contributed by atoms with van der Waals surface area (Å²) >= 11 is 7.37. The van der Waals surface area contributed by atoms with E-state index in [-0.39, 0.29) is 11.7 Å². The van der Waals surface area contributed by atoms with Crippen LogP contribution in [0.2, 0.25) is 5.02 Å². The molecule has 30 heavy (non-hydrogen) atoms. The topological polar surface area (TPSA) is 72.7 Å². The number of carbonyl (C=O) groups excluding carboxylic acids is 1. The van der Waals surface area contributed by atoms with E-state index in [1.807, 2.05) is 72.2 Å². The third-order valence-corrected chi connectivity index (χ3v) is 5.45. The Hall–Kier alpha value is -3.16. The Morgan fingerprint density at radius 1 is 1.10 bits per heavy atom. The van der Waals surface area contributed by atoms with Gasteiger partial charge >= 0.3 is 0 Å². The number of nitrogens with zero attached hydrogens (tertiary/aromatic N) is 4. The van der Waals surface area contributed by atoms with Gasteiger partial charge in [0, 0.05) is 34.4 Å². The van der Waals surface area contributed by atoms with Crippen molar-refractivity contribution in [3.05, 3.63) is 83.6 Å². The lowest BCUT2D eigenvalue weighted by atomic mass is 10.2. The molecule has 0 unspecified atom stereocenters. The number of aryl methyl sites for hydroxylation is 1. The van der Waals surface area contributed by atoms with Crippen LogP contribution in [0.5, 0.6) is 0 Å². The second kappa shape index (κ2) is 9.11. The summed E-state index contributed by atoms with van der Waals surface area (Å²) in [7, 11) is 0. The summed E-state index contributed by atoms with van der Waals surface area (Å²) in [5, 5.41) is 12.8. The number of nitrogens with one attached hydrogen (secondary N) is 1. The number of halogens is 1. The van der Waals surface area contributed by atoms with Crippen LogP contribution in [0.15, 0.2) is 78.2 Å². The van der Waals surface area contributed by atoms with Crippen molar-refractivity contribution >= 4 is 35.0 Å². The second-order valence-electron chi connectivity index (χ2n) is 6.57. The zero-order valence-electron chi connectivity index (χ0n) is 16.1. The molecule has 0 fully saturated rings. The van der Waals surface area contributed by atoms with Crippen LogP contribution in [0.3, 0.4) is 0 Å². The molecular formula is C22H18ClN5OS. The first kappa shape index (κ1) is 20.1. The Balaban J connectivity index is 1.59. The lowest BCUT2D eigenvalue weighted by Gasteiger charge is -2.10. The molecule has 0 aliphatic heterocycles. The molecule has 150 valence electrons. The van der Waals surface area contributed by atoms with Crippen LogP contribution in [0, 0.1) is 6.92 Å². The van der Waals surface area contributed by atoms with Gasteiger partial charge in [-0.25, -0.2) is 0 Å². The molecule has 2 heterocycles. The first-order valence-electron chi connectivity index (χ1n) is 9.21. The van der Waals surface area contributed by atoms with Crippen LogP contribution in [0.1, 0.15) is 5.56 Å². The molecule has 6 nitrogen and oxygen atoms in total. The minimum Gasteiger partial charge on any atom is -0.325 e. The lowest BCUT2D eigenvalue weighted by Crippen LogP contribution is -2.14. The zero-order valence-corrected chi connectivity index (χ0v) is 17.7. The van der Waals surface area contributed by atoms with Gasteiger partial charge in [-0.15, -0.1) is 10.2 Å². The SMILES string of the molecule is Cc1cccc(NC(=O)CSc2nnc(-c3cccnc3)n2-c2ccc(Cl)cc2)c1. The van der Waals surface area contributed by atoms with Crippen LogP contribution in [0.4, 0.5) is 5.69 Å². The van der Waals surface area contributed by atoms with E-state index in [0.717, 1.165) is 22.5 Å². The molecule has 2 aromatic carbocycles. The summed E-state index contributed by atoms with van der Waals surface area (Å²) in [6.07, 6.45) is 3.44. The highest BCUT2D eigenvalue weighted by Crippen LogP contribution is 2.28. The number of hydrogen-bond acceptors (Lipinski definition) is 5. The Bertz CT molecular complexity index is 1160. The number of aromatic nitrogens is 4. The van der Waals surface area contributed by atoms with Gasteiger partial charge in [0.05, 0.1) is 5.75 Å². The molecule has 0 atom stereocenters. The van der Waals surface area contributed by atoms with Gasteiger partial charge in [-0.1, -0.05) is 35.5 Å². The van der Waals surface area contributed by atoms with E-state index < -0.39 is 0 Å². The predicted molar refractivity (Wildman–Crippen MR) is 120 cm³/mol. The van der Waals surface area contributed by atoms with E-state index in [1.54, 1.807) is 12.4 Å². The van der Waals surface area contributed by atoms with Crippen molar-refractivity contribution in [2.45, 2.75) is 12.1 Å². The van der Waals surface area contributed by atoms with E-state index in [9.17, 15) is 4.79 Å². The number of rotatable bonds is 6. The summed E-state index contributed by atoms with van der Waals surface area (Å²) in [5.41, 5.74) is 3.54. The number of benzene rings is 2. The number of hydrogen-bond donors (Lipinski definition) is 1. The average molecular weight is 436 g/mol. The summed E-state index contributed by atoms with van der Waals surface area (Å²) in [6.45, 7) is 1.99. The minimum absolute atomic E-state index is 0.112. The van der Waals surface area contributed by atoms with Crippen molar-refractivity contribution in [1.29, 1.82) is 0 Å². The lowest BCUT2D eigenvalue weighted by molar-refractivity contribution is -0.113. The van der Waals surface area contributed by atoms with E-state index in [1.165, 1.54) is 11.8 Å². The maximum atomic E-state index is 12.4. The van der Waals surface area contributed by atoms with Crippen molar-refractivity contribution in [3.8, 4) is 17.1 Å². The van der Waals surface area contributed by atoms with Gasteiger partial charge in [-0.05, 0) is 61.0 Å². The van der Waals surface area contributed by atoms with Crippen molar-refractivity contribution in [2.24, 2.45) is 0 Å². The molecule has 8 heteroatoms. The largest absolute Gasteiger partial charge is 0.325 e. The maximum absolute atomic E-state index is 12.4. The molecule has 2 aromatic heterocycles. The Labute approximate surface area is 183 Å². The molecule has 0 spiro atoms. The van der Waals surface area contributed by atoms with Crippen LogP contribution in [-0.4, -0.2) is 31.4 Å². The fourth-order valence-electron chi connectivity index (χ4n) is 2.92. The number of pyridine rings is 1. The predicted octanol–water partition coefficient (Wildman–Crippen LogP) is 5.02. The maximum Gasteiger partial charge on any atom is 0.234 e. The molecule has 0 radical (unpaired) electrons. The molecule has 1 N–H and O–H groups in total. The van der Waals surface area contributed by atoms with Crippen LogP contribution in [0.25, 0.3) is 17.1 Å². The molecule has 0 aliphatic carbocycles. The molecule has 0 aliphatic rings. The Morgan fingerprint density at radius 3 is 2.67 bits per heavy atom. The molecule has 4 rings (SSSR count). The summed E-state index contributed by atoms with van der Waals surface area (Å²) in [4.78, 5) is 16.6. The molecular weight excluding hydrogens is 418 g/mol. The third kappa shape index (κ3) is 4.69. The monoisotopic (exact) mass is 435 g/mol. The minimum atomic E-state index is -0.112. The van der Waals surface area contributed by atoms with Gasteiger partial charge in [-0.2, -0.15) is 0 Å². The van der Waals surface area contributed by atoms with Crippen molar-refractivity contribution in [3.63, 3.8) is 0 Å².